The van der Waals surface area contributed by atoms with E-state index in [1.165, 1.54) is 31.1 Å². The van der Waals surface area contributed by atoms with Gasteiger partial charge in [0.05, 0.1) is 81.6 Å². The van der Waals surface area contributed by atoms with E-state index >= 15 is 0 Å². The molecule has 1 saturated heterocycles. The van der Waals surface area contributed by atoms with Crippen LogP contribution in [0.25, 0.3) is 22.9 Å². The number of rotatable bonds is 34. The van der Waals surface area contributed by atoms with Crippen molar-refractivity contribution in [3.63, 3.8) is 0 Å². The van der Waals surface area contributed by atoms with Crippen molar-refractivity contribution in [2.75, 3.05) is 87.2 Å². The normalized spacial score (nSPS) is 21.9. The summed E-state index contributed by atoms with van der Waals surface area (Å²) < 4.78 is 97.8. The van der Waals surface area contributed by atoms with Crippen molar-refractivity contribution in [3.8, 4) is 22.9 Å². The second-order valence-electron chi connectivity index (χ2n) is 39.8. The molecule has 29 nitrogen and oxygen atoms in total. The van der Waals surface area contributed by atoms with Gasteiger partial charge in [-0.3, -0.25) is 14.4 Å². The van der Waals surface area contributed by atoms with E-state index < -0.39 is 29.0 Å². The number of halogens is 2. The van der Waals surface area contributed by atoms with Gasteiger partial charge in [0.1, 0.15) is 78.0 Å². The summed E-state index contributed by atoms with van der Waals surface area (Å²) in [6, 6.07) is 16.4. The Morgan fingerprint density at radius 1 is 0.514 bits per heavy atom. The molecule has 6 saturated carbocycles. The predicted molar refractivity (Wildman–Crippen MR) is 543 cm³/mol. The predicted octanol–water partition coefficient (Wildman–Crippen LogP) is 14.8. The molecule has 2 aromatic carbocycles. The molecule has 14 atom stereocenters. The fraction of sp³-hybridized carbons (Fsp3) is 0.769. The molecule has 6 aliphatic carbocycles. The number of ether oxygens (including phenoxy) is 16. The Bertz CT molecular complexity index is 3890. The molecular weight excluding hydrogens is 1970 g/mol. The number of aromatic nitrogens is 2. The molecule has 34 heteroatoms. The van der Waals surface area contributed by atoms with Crippen LogP contribution in [0.3, 0.4) is 0 Å². The van der Waals surface area contributed by atoms with Crippen LogP contribution in [0, 0.1) is 63.2 Å². The fourth-order valence-electron chi connectivity index (χ4n) is 16.3. The molecule has 14 unspecified atom stereocenters. The number of fused-ring (bicyclic) bond motifs is 2. The molecule has 0 radical (unpaired) electrons. The average molecular weight is 2150 g/mol. The Balaban J connectivity index is -0.00000157. The minimum Gasteiger partial charge on any atom is -1.00 e. The van der Waals surface area contributed by atoms with Crippen LogP contribution >= 0.6 is 38.5 Å². The van der Waals surface area contributed by atoms with Crippen LogP contribution in [0.5, 0.6) is 0 Å². The summed E-state index contributed by atoms with van der Waals surface area (Å²) in [5, 5.41) is 18.9. The van der Waals surface area contributed by atoms with Gasteiger partial charge < -0.3 is 102 Å². The second-order valence-corrected chi connectivity index (χ2v) is 41.1. The number of esters is 6. The van der Waals surface area contributed by atoms with Gasteiger partial charge in [-0.1, -0.05) is 140 Å². The number of nitrogens with zero attached hydrogens (tertiary/aromatic N) is 2. The number of hydrogen-bond acceptors (Lipinski definition) is 29. The van der Waals surface area contributed by atoms with Crippen LogP contribution in [0.15, 0.2) is 57.4 Å². The minimum atomic E-state index is -0.505. The fourth-order valence-corrected chi connectivity index (χ4v) is 17.1. The number of aliphatic hydroxyl groups is 2. The maximum absolute atomic E-state index is 12.5. The molecule has 0 spiro atoms. The first kappa shape index (κ1) is 137. The zero-order valence-electron chi connectivity index (χ0n) is 88.1. The maximum atomic E-state index is 12.5. The molecule has 784 valence electrons. The first-order valence-corrected chi connectivity index (χ1v) is 51.1. The molecule has 2 aromatic heterocycles. The van der Waals surface area contributed by atoms with Gasteiger partial charge in [-0.05, 0) is 294 Å². The third-order valence-electron chi connectivity index (χ3n) is 22.9. The monoisotopic (exact) mass is 2150 g/mol. The van der Waals surface area contributed by atoms with Crippen LogP contribution < -0.4 is 48.4 Å². The van der Waals surface area contributed by atoms with Gasteiger partial charge in [-0.25, -0.2) is 24.4 Å². The van der Waals surface area contributed by atoms with E-state index in [1.807, 2.05) is 128 Å². The van der Waals surface area contributed by atoms with E-state index in [9.17, 15) is 33.9 Å². The molecule has 7 aliphatic rings. The van der Waals surface area contributed by atoms with Crippen molar-refractivity contribution in [2.45, 2.75) is 394 Å². The SMILES string of the molecule is C.CC(C)(C)OC(=O)CBr.CCCC(OCC1CCCC(O)C1)C(=O)OC(C)(C)C.CCCC(OCC1CCCC(OCc2nc(-c3ccc(C)cc3)oc2C)C1)C(=O)OC(C)(C)C.COCOC1CCCC(C(=O)OC)C1.COCOC1CCCC(CO)C1.COCOC1CCCC(COCC(=O)OC(C)(C)C)C1.Cc1ccc(-c2nc(CI)c(C)o2)cc1.O=C1OC2CCCC1C2.[AlH3].[H-].[Li+].[Na+].[OH-]. The molecule has 11 rings (SSSR count). The van der Waals surface area contributed by atoms with Crippen LogP contribution in [0.2, 0.25) is 0 Å². The van der Waals surface area contributed by atoms with Gasteiger partial charge >= 0.3 is 84.2 Å². The van der Waals surface area contributed by atoms with Gasteiger partial charge in [-0.15, -0.1) is 0 Å². The largest absolute Gasteiger partial charge is 1.00 e. The van der Waals surface area contributed by atoms with E-state index in [0.717, 1.165) is 198 Å². The number of benzene rings is 2. The van der Waals surface area contributed by atoms with Crippen molar-refractivity contribution in [3.05, 3.63) is 82.6 Å². The van der Waals surface area contributed by atoms with E-state index in [1.54, 1.807) is 21.3 Å². The van der Waals surface area contributed by atoms with E-state index in [0.29, 0.717) is 102 Å². The topological polar surface area (TPSA) is 373 Å². The zero-order valence-corrected chi connectivity index (χ0v) is 92.8. The summed E-state index contributed by atoms with van der Waals surface area (Å²) in [5.41, 5.74) is 4.56. The number of aryl methyl sites for hydroxylation is 4. The van der Waals surface area contributed by atoms with Crippen molar-refractivity contribution >= 4 is 91.7 Å². The number of alkyl halides is 2. The smallest absolute Gasteiger partial charge is 1.00 e. The van der Waals surface area contributed by atoms with Crippen LogP contribution in [-0.4, -0.2) is 237 Å². The van der Waals surface area contributed by atoms with Gasteiger partial charge in [-0.2, -0.15) is 0 Å². The zero-order chi connectivity index (χ0) is 98.7. The van der Waals surface area contributed by atoms with Crippen LogP contribution in [0.4, 0.5) is 0 Å². The van der Waals surface area contributed by atoms with E-state index in [2.05, 4.69) is 93.5 Å². The van der Waals surface area contributed by atoms with Crippen molar-refractivity contribution < 1.29 is 179 Å². The van der Waals surface area contributed by atoms with Gasteiger partial charge in [0, 0.05) is 43.5 Å². The summed E-state index contributed by atoms with van der Waals surface area (Å²) in [6.07, 6.45) is 27.8. The Hall–Kier alpha value is -3.50. The number of oxazole rings is 2. The standard InChI is InChI=1S/C28H41NO5.C16H30O4.C15H28O5.C12H12INO.C10H18O4.C9H18O3.C7H10O2.C6H11BrO2.CH4.Al.Li.Na.H2O.4H/c1-7-9-25(27(30)34-28(4,5)6)32-17-21-10-8-11-23(16-21)31-18-24-20(3)33-26(29-24)22-14-12-19(2)13-15-22;1-5-7-14(15(18)20-16(2,3)4)19-11-12-8-6-9-13(17)10-12;1-15(2,3)20-14(16)10-18-9-12-6-5-7-13(8-12)19-11-17-4;1-8-3-5-10(6-4-8)12-14-11(7-13)9(2)15-12;1-12-7-14-9-5-3-4-8(6-9)10(11)13-2;1-11-7-12-9-4-2-3-8(5-9)6-10;8-7-5-2-1-3-6(4-5)9-7;1-6(2,3)9-5(8)4-7;;;;;;;;;/h12-15,21,23,25H,7-11,16-18H2,1-6H3;12-14,17H,5-11H2,1-4H3;12-13H,5-11H2,1-4H3;3-6H,7H2,1-2H3;8-9H,3-7H2,1-2H3;8-10H,2-7H2,1H3;5-6H,1-4H2;4H2,1-3H3;1H4;;;;1H2;;;;/q;;;;;;;;;;2*+1;;;;;-1/p-1. The number of hydrogen-bond donors (Lipinski definition) is 2. The molecule has 138 heavy (non-hydrogen) atoms. The van der Waals surface area contributed by atoms with Crippen LogP contribution in [0.1, 0.15) is 320 Å². The first-order chi connectivity index (χ1) is 63.0. The molecule has 0 amide bonds. The van der Waals surface area contributed by atoms with E-state index in [4.69, 9.17) is 89.7 Å². The summed E-state index contributed by atoms with van der Waals surface area (Å²) >= 11 is 5.29. The van der Waals surface area contributed by atoms with Gasteiger partial charge in [0.25, 0.3) is 0 Å². The Labute approximate surface area is 895 Å². The number of methoxy groups -OCH3 is 4. The van der Waals surface area contributed by atoms with Crippen molar-refractivity contribution in [2.24, 2.45) is 35.5 Å². The van der Waals surface area contributed by atoms with Gasteiger partial charge in [0.2, 0.25) is 11.8 Å². The number of carbonyl (C=O) groups excluding carboxylic acids is 6. The third kappa shape index (κ3) is 59.9. The maximum Gasteiger partial charge on any atom is 1.00 e. The molecular formula is C104H177AlBrILiN2NaO27. The Morgan fingerprint density at radius 2 is 0.906 bits per heavy atom. The molecule has 3 N–H and O–H groups in total. The summed E-state index contributed by atoms with van der Waals surface area (Å²) in [6.45, 7) is 37.9. The molecule has 4 aromatic rings. The quantitative estimate of drug-likeness (QED) is 0.0109. The summed E-state index contributed by atoms with van der Waals surface area (Å²) in [5.74, 6) is 3.87. The van der Waals surface area contributed by atoms with E-state index in [-0.39, 0.29) is 176 Å². The van der Waals surface area contributed by atoms with Gasteiger partial charge in [0.15, 0.2) is 29.6 Å². The Morgan fingerprint density at radius 3 is 1.30 bits per heavy atom. The summed E-state index contributed by atoms with van der Waals surface area (Å²) in [4.78, 5) is 77.9. The molecule has 7 fully saturated rings. The second kappa shape index (κ2) is 74.4. The first-order valence-electron chi connectivity index (χ1n) is 48.4. The number of aliphatic hydroxyl groups excluding tert-OH is 2. The number of carbonyl (C=O) groups is 6. The Kier molecular flexibility index (Phi) is 73.6. The average Bonchev–Trinajstić information content (AvgIpc) is 1.68. The molecule has 1 aliphatic heterocycles. The van der Waals surface area contributed by atoms with Crippen LogP contribution in [-0.2, 0) is 116 Å². The summed E-state index contributed by atoms with van der Waals surface area (Å²) in [7, 11) is 6.29. The molecule has 3 heterocycles. The molecule has 2 bridgehead atoms. The minimum absolute atomic E-state index is 0. The van der Waals surface area contributed by atoms with Crippen molar-refractivity contribution in [1.29, 1.82) is 0 Å². The third-order valence-corrected chi connectivity index (χ3v) is 24.1. The van der Waals surface area contributed by atoms with Crippen molar-refractivity contribution in [1.82, 2.24) is 9.97 Å².